The second kappa shape index (κ2) is 8.39. The van der Waals surface area contributed by atoms with E-state index in [-0.39, 0.29) is 11.2 Å². The number of carbonyl (C=O) groups is 1. The summed E-state index contributed by atoms with van der Waals surface area (Å²) in [6, 6.07) is 16.0. The van der Waals surface area contributed by atoms with Crippen molar-refractivity contribution in [3.63, 3.8) is 0 Å². The van der Waals surface area contributed by atoms with Crippen molar-refractivity contribution < 1.29 is 4.79 Å². The van der Waals surface area contributed by atoms with Crippen molar-refractivity contribution in [3.8, 4) is 11.4 Å². The summed E-state index contributed by atoms with van der Waals surface area (Å²) in [5.74, 6) is 0.785. The van der Waals surface area contributed by atoms with Gasteiger partial charge in [0, 0.05) is 17.8 Å². The fourth-order valence-electron chi connectivity index (χ4n) is 2.91. The quantitative estimate of drug-likeness (QED) is 0.630. The molecule has 3 aromatic rings. The number of nitrogens with zero attached hydrogens (tertiary/aromatic N) is 3. The summed E-state index contributed by atoms with van der Waals surface area (Å²) in [6.07, 6.45) is 0. The average molecular weight is 381 g/mol. The molecule has 0 saturated carbocycles. The number of amides is 1. The molecule has 0 fully saturated rings. The number of thioether (sulfide) groups is 1. The molecule has 1 aromatic heterocycles. The van der Waals surface area contributed by atoms with Gasteiger partial charge in [0.05, 0.1) is 5.25 Å². The molecule has 0 aliphatic rings. The normalized spacial score (nSPS) is 12.0. The maximum absolute atomic E-state index is 12.7. The van der Waals surface area contributed by atoms with Gasteiger partial charge in [-0.1, -0.05) is 60.3 Å². The van der Waals surface area contributed by atoms with Gasteiger partial charge in [-0.15, -0.1) is 10.2 Å². The van der Waals surface area contributed by atoms with Gasteiger partial charge in [0.1, 0.15) is 0 Å². The zero-order valence-corrected chi connectivity index (χ0v) is 16.9. The van der Waals surface area contributed by atoms with Crippen LogP contribution >= 0.6 is 11.8 Å². The molecule has 5 nitrogen and oxygen atoms in total. The Balaban J connectivity index is 1.77. The number of hydrogen-bond acceptors (Lipinski definition) is 4. The maximum atomic E-state index is 12.7. The average Bonchev–Trinajstić information content (AvgIpc) is 3.07. The van der Waals surface area contributed by atoms with Gasteiger partial charge in [0.2, 0.25) is 5.91 Å². The van der Waals surface area contributed by atoms with E-state index in [9.17, 15) is 4.79 Å². The maximum Gasteiger partial charge on any atom is 0.237 e. The molecule has 27 heavy (non-hydrogen) atoms. The lowest BCUT2D eigenvalue weighted by Crippen LogP contribution is -2.23. The largest absolute Gasteiger partial charge is 0.325 e. The highest BCUT2D eigenvalue weighted by Gasteiger charge is 2.21. The zero-order chi connectivity index (χ0) is 19.4. The highest BCUT2D eigenvalue weighted by atomic mass is 32.2. The highest BCUT2D eigenvalue weighted by Crippen LogP contribution is 2.28. The van der Waals surface area contributed by atoms with E-state index in [0.29, 0.717) is 0 Å². The molecule has 3 rings (SSSR count). The van der Waals surface area contributed by atoms with Crippen molar-refractivity contribution in [3.05, 3.63) is 59.7 Å². The van der Waals surface area contributed by atoms with E-state index >= 15 is 0 Å². The first-order valence-electron chi connectivity index (χ1n) is 9.03. The van der Waals surface area contributed by atoms with Gasteiger partial charge >= 0.3 is 0 Å². The van der Waals surface area contributed by atoms with Gasteiger partial charge in [-0.05, 0) is 38.8 Å². The first-order chi connectivity index (χ1) is 13.0. The van der Waals surface area contributed by atoms with Crippen LogP contribution in [0.1, 0.15) is 25.0 Å². The van der Waals surface area contributed by atoms with Crippen LogP contribution in [-0.2, 0) is 11.3 Å². The van der Waals surface area contributed by atoms with Gasteiger partial charge in [-0.25, -0.2) is 0 Å². The monoisotopic (exact) mass is 380 g/mol. The molecule has 6 heteroatoms. The lowest BCUT2D eigenvalue weighted by atomic mass is 10.1. The van der Waals surface area contributed by atoms with Gasteiger partial charge in [0.15, 0.2) is 11.0 Å². The number of benzene rings is 2. The Morgan fingerprint density at radius 1 is 1.07 bits per heavy atom. The summed E-state index contributed by atoms with van der Waals surface area (Å²) in [5.41, 5.74) is 4.02. The van der Waals surface area contributed by atoms with Gasteiger partial charge in [-0.3, -0.25) is 4.79 Å². The minimum absolute atomic E-state index is 0.0377. The molecule has 1 atom stereocenters. The van der Waals surface area contributed by atoms with Gasteiger partial charge < -0.3 is 9.88 Å². The van der Waals surface area contributed by atoms with Gasteiger partial charge in [0.25, 0.3) is 0 Å². The van der Waals surface area contributed by atoms with E-state index in [1.54, 1.807) is 0 Å². The molecule has 0 bridgehead atoms. The van der Waals surface area contributed by atoms with Crippen LogP contribution in [0.25, 0.3) is 11.4 Å². The van der Waals surface area contributed by atoms with E-state index in [0.717, 1.165) is 39.9 Å². The van der Waals surface area contributed by atoms with E-state index in [1.165, 1.54) is 11.8 Å². The van der Waals surface area contributed by atoms with Crippen LogP contribution in [0.3, 0.4) is 0 Å². The molecular weight excluding hydrogens is 356 g/mol. The Bertz CT molecular complexity index is 916. The number of rotatable bonds is 6. The molecule has 2 aromatic carbocycles. The second-order valence-corrected chi connectivity index (χ2v) is 7.74. The van der Waals surface area contributed by atoms with E-state index < -0.39 is 0 Å². The third-order valence-electron chi connectivity index (χ3n) is 4.45. The minimum atomic E-state index is -0.290. The Hall–Kier alpha value is -2.60. The lowest BCUT2D eigenvalue weighted by molar-refractivity contribution is -0.115. The Labute approximate surface area is 164 Å². The molecule has 1 heterocycles. The molecule has 0 radical (unpaired) electrons. The molecule has 0 spiro atoms. The molecule has 1 N–H and O–H groups in total. The van der Waals surface area contributed by atoms with Crippen LogP contribution < -0.4 is 5.32 Å². The van der Waals surface area contributed by atoms with Crippen LogP contribution in [0.5, 0.6) is 0 Å². The van der Waals surface area contributed by atoms with Crippen molar-refractivity contribution in [2.24, 2.45) is 0 Å². The minimum Gasteiger partial charge on any atom is -0.325 e. The molecule has 0 saturated heterocycles. The standard InChI is InChI=1S/C21H24N4OS/c1-5-25-19(17-12-7-6-8-13-17)23-24-21(25)27-16(4)20(26)22-18-14(2)10-9-11-15(18)3/h6-13,16H,5H2,1-4H3,(H,22,26)/t16-/m1/s1. The van der Waals surface area contributed by atoms with Crippen LogP contribution in [0.2, 0.25) is 0 Å². The van der Waals surface area contributed by atoms with E-state index in [1.807, 2.05) is 73.9 Å². The fraction of sp³-hybridized carbons (Fsp3) is 0.286. The SMILES string of the molecule is CCn1c(S[C@H](C)C(=O)Nc2c(C)cccc2C)nnc1-c1ccccc1. The topological polar surface area (TPSA) is 59.8 Å². The van der Waals surface area contributed by atoms with Crippen LogP contribution in [0.15, 0.2) is 53.7 Å². The number of nitrogens with one attached hydrogen (secondary N) is 1. The van der Waals surface area contributed by atoms with Crippen molar-refractivity contribution >= 4 is 23.4 Å². The summed E-state index contributed by atoms with van der Waals surface area (Å²) >= 11 is 1.43. The number of anilines is 1. The highest BCUT2D eigenvalue weighted by molar-refractivity contribution is 8.00. The summed E-state index contributed by atoms with van der Waals surface area (Å²) in [7, 11) is 0. The second-order valence-electron chi connectivity index (χ2n) is 6.43. The number of para-hydroxylation sites is 1. The van der Waals surface area contributed by atoms with E-state index in [4.69, 9.17) is 0 Å². The molecule has 1 amide bonds. The first-order valence-corrected chi connectivity index (χ1v) is 9.91. The molecule has 0 aliphatic heterocycles. The molecule has 140 valence electrons. The van der Waals surface area contributed by atoms with Crippen LogP contribution in [-0.4, -0.2) is 25.9 Å². The third-order valence-corrected chi connectivity index (χ3v) is 5.53. The number of hydrogen-bond donors (Lipinski definition) is 1. The Kier molecular flexibility index (Phi) is 5.96. The van der Waals surface area contributed by atoms with Crippen LogP contribution in [0.4, 0.5) is 5.69 Å². The smallest absolute Gasteiger partial charge is 0.237 e. The molecular formula is C21H24N4OS. The van der Waals surface area contributed by atoms with Crippen LogP contribution in [0, 0.1) is 13.8 Å². The Morgan fingerprint density at radius 3 is 2.37 bits per heavy atom. The first kappa shape index (κ1) is 19.2. The van der Waals surface area contributed by atoms with Crippen molar-refractivity contribution in [2.75, 3.05) is 5.32 Å². The lowest BCUT2D eigenvalue weighted by Gasteiger charge is -2.15. The summed E-state index contributed by atoms with van der Waals surface area (Å²) in [5, 5.41) is 12.2. The molecule has 0 aliphatic carbocycles. The summed E-state index contributed by atoms with van der Waals surface area (Å²) in [6.45, 7) is 8.69. The Morgan fingerprint density at radius 2 is 1.74 bits per heavy atom. The fourth-order valence-corrected chi connectivity index (χ4v) is 3.82. The number of aryl methyl sites for hydroxylation is 2. The third kappa shape index (κ3) is 4.22. The predicted molar refractivity (Wildman–Crippen MR) is 111 cm³/mol. The molecule has 0 unspecified atom stereocenters. The van der Waals surface area contributed by atoms with Crippen molar-refractivity contribution in [1.82, 2.24) is 14.8 Å². The number of aromatic nitrogens is 3. The number of carbonyl (C=O) groups excluding carboxylic acids is 1. The van der Waals surface area contributed by atoms with Crippen molar-refractivity contribution in [1.29, 1.82) is 0 Å². The van der Waals surface area contributed by atoms with Gasteiger partial charge in [-0.2, -0.15) is 0 Å². The zero-order valence-electron chi connectivity index (χ0n) is 16.1. The van der Waals surface area contributed by atoms with Crippen molar-refractivity contribution in [2.45, 2.75) is 44.6 Å². The predicted octanol–water partition coefficient (Wildman–Crippen LogP) is 4.70. The summed E-state index contributed by atoms with van der Waals surface area (Å²) in [4.78, 5) is 12.7. The summed E-state index contributed by atoms with van der Waals surface area (Å²) < 4.78 is 2.04. The van der Waals surface area contributed by atoms with E-state index in [2.05, 4.69) is 22.4 Å².